The van der Waals surface area contributed by atoms with Crippen molar-refractivity contribution in [3.8, 4) is 0 Å². The highest BCUT2D eigenvalue weighted by Crippen LogP contribution is 2.18. The van der Waals surface area contributed by atoms with Gasteiger partial charge in [-0.15, -0.1) is 0 Å². The van der Waals surface area contributed by atoms with Crippen LogP contribution < -0.4 is 0 Å². The molecule has 4 heteroatoms. The number of hydrogen-bond acceptors (Lipinski definition) is 3. The van der Waals surface area contributed by atoms with E-state index in [1.165, 1.54) is 0 Å². The fraction of sp³-hybridized carbons (Fsp3) is 0.300. The van der Waals surface area contributed by atoms with Gasteiger partial charge in [-0.2, -0.15) is 0 Å². The molecule has 14 heavy (non-hydrogen) atoms. The van der Waals surface area contributed by atoms with E-state index in [-0.39, 0.29) is 0 Å². The Morgan fingerprint density at radius 3 is 2.29 bits per heavy atom. The number of carbonyl (C=O) groups is 1. The van der Waals surface area contributed by atoms with Crippen molar-refractivity contribution in [1.29, 1.82) is 0 Å². The Morgan fingerprint density at radius 2 is 1.86 bits per heavy atom. The van der Waals surface area contributed by atoms with Crippen LogP contribution in [0.25, 0.3) is 0 Å². The van der Waals surface area contributed by atoms with E-state index in [1.54, 1.807) is 24.3 Å². The van der Waals surface area contributed by atoms with Gasteiger partial charge in [0.2, 0.25) is 0 Å². The van der Waals surface area contributed by atoms with E-state index < -0.39 is 12.2 Å². The van der Waals surface area contributed by atoms with Crippen LogP contribution in [0.3, 0.4) is 0 Å². The van der Waals surface area contributed by atoms with Gasteiger partial charge in [-0.1, -0.05) is 40.2 Å². The minimum atomic E-state index is -0.921. The van der Waals surface area contributed by atoms with Gasteiger partial charge >= 0.3 is 0 Å². The van der Waals surface area contributed by atoms with Gasteiger partial charge in [0.15, 0.2) is 0 Å². The number of rotatable bonds is 4. The number of alkyl halides is 1. The molecule has 2 N–H and O–H groups in total. The van der Waals surface area contributed by atoms with Crippen LogP contribution in [0.15, 0.2) is 24.3 Å². The molecule has 0 saturated heterocycles. The van der Waals surface area contributed by atoms with E-state index in [9.17, 15) is 15.0 Å². The van der Waals surface area contributed by atoms with Crippen LogP contribution in [-0.4, -0.2) is 27.9 Å². The number of aldehydes is 1. The lowest BCUT2D eigenvalue weighted by Gasteiger charge is -2.15. The SMILES string of the molecule is O=Cc1ccc(C(O)C(O)CBr)cc1. The molecule has 0 aliphatic heterocycles. The van der Waals surface area contributed by atoms with Crippen molar-refractivity contribution >= 4 is 22.2 Å². The van der Waals surface area contributed by atoms with Gasteiger partial charge in [0.25, 0.3) is 0 Å². The molecule has 0 bridgehead atoms. The molecule has 0 heterocycles. The van der Waals surface area contributed by atoms with Crippen molar-refractivity contribution in [3.63, 3.8) is 0 Å². The summed E-state index contributed by atoms with van der Waals surface area (Å²) >= 11 is 3.07. The summed E-state index contributed by atoms with van der Waals surface area (Å²) < 4.78 is 0. The number of benzene rings is 1. The van der Waals surface area contributed by atoms with Crippen molar-refractivity contribution < 1.29 is 15.0 Å². The number of aliphatic hydroxyl groups excluding tert-OH is 2. The first kappa shape index (κ1) is 11.4. The van der Waals surface area contributed by atoms with E-state index in [2.05, 4.69) is 15.9 Å². The van der Waals surface area contributed by atoms with Crippen molar-refractivity contribution in [3.05, 3.63) is 35.4 Å². The van der Waals surface area contributed by atoms with Crippen molar-refractivity contribution in [1.82, 2.24) is 0 Å². The van der Waals surface area contributed by atoms with Crippen LogP contribution >= 0.6 is 15.9 Å². The molecule has 0 radical (unpaired) electrons. The predicted molar refractivity (Wildman–Crippen MR) is 56.6 cm³/mol. The lowest BCUT2D eigenvalue weighted by molar-refractivity contribution is 0.0343. The molecule has 0 aromatic heterocycles. The molecule has 0 saturated carbocycles. The maximum Gasteiger partial charge on any atom is 0.150 e. The average molecular weight is 259 g/mol. The highest BCUT2D eigenvalue weighted by atomic mass is 79.9. The second-order valence-corrected chi connectivity index (χ2v) is 3.60. The monoisotopic (exact) mass is 258 g/mol. The second-order valence-electron chi connectivity index (χ2n) is 2.95. The summed E-state index contributed by atoms with van der Waals surface area (Å²) in [6.45, 7) is 0. The highest BCUT2D eigenvalue weighted by molar-refractivity contribution is 9.09. The zero-order valence-electron chi connectivity index (χ0n) is 7.43. The molecule has 76 valence electrons. The largest absolute Gasteiger partial charge is 0.389 e. The minimum Gasteiger partial charge on any atom is -0.389 e. The third-order valence-electron chi connectivity index (χ3n) is 1.94. The standard InChI is InChI=1S/C10H11BrO3/c11-5-9(13)10(14)8-3-1-7(6-12)2-4-8/h1-4,6,9-10,13-14H,5H2. The topological polar surface area (TPSA) is 57.5 Å². The van der Waals surface area contributed by atoms with Gasteiger partial charge in [0, 0.05) is 10.9 Å². The van der Waals surface area contributed by atoms with Gasteiger partial charge in [-0.3, -0.25) is 4.79 Å². The van der Waals surface area contributed by atoms with Crippen molar-refractivity contribution in [2.75, 3.05) is 5.33 Å². The Balaban J connectivity index is 2.80. The fourth-order valence-electron chi connectivity index (χ4n) is 1.08. The van der Waals surface area contributed by atoms with Crippen LogP contribution in [0.5, 0.6) is 0 Å². The highest BCUT2D eigenvalue weighted by Gasteiger charge is 2.16. The van der Waals surface area contributed by atoms with Crippen LogP contribution in [0.2, 0.25) is 0 Å². The molecule has 3 nitrogen and oxygen atoms in total. The number of carbonyl (C=O) groups excluding carboxylic acids is 1. The summed E-state index contributed by atoms with van der Waals surface area (Å²) in [5, 5.41) is 19.2. The molecule has 0 aliphatic carbocycles. The molecular formula is C10H11BrO3. The molecule has 0 spiro atoms. The van der Waals surface area contributed by atoms with Crippen LogP contribution in [0, 0.1) is 0 Å². The summed E-state index contributed by atoms with van der Waals surface area (Å²) in [7, 11) is 0. The number of hydrogen-bond donors (Lipinski definition) is 2. The van der Waals surface area contributed by atoms with Crippen molar-refractivity contribution in [2.24, 2.45) is 0 Å². The number of aliphatic hydroxyl groups is 2. The summed E-state index contributed by atoms with van der Waals surface area (Å²) in [6, 6.07) is 6.46. The molecule has 1 aromatic rings. The van der Waals surface area contributed by atoms with Gasteiger partial charge in [-0.25, -0.2) is 0 Å². The average Bonchev–Trinajstić information content (AvgIpc) is 2.27. The second kappa shape index (κ2) is 5.24. The zero-order valence-corrected chi connectivity index (χ0v) is 9.02. The maximum absolute atomic E-state index is 10.4. The van der Waals surface area contributed by atoms with E-state index in [1.807, 2.05) is 0 Å². The first-order chi connectivity index (χ1) is 6.69. The van der Waals surface area contributed by atoms with Gasteiger partial charge < -0.3 is 10.2 Å². The Kier molecular flexibility index (Phi) is 4.25. The Bertz CT molecular complexity index is 297. The lowest BCUT2D eigenvalue weighted by atomic mass is 10.0. The third kappa shape index (κ3) is 2.64. The fourth-order valence-corrected chi connectivity index (χ4v) is 1.43. The van der Waals surface area contributed by atoms with Gasteiger partial charge in [-0.05, 0) is 5.56 Å². The first-order valence-electron chi connectivity index (χ1n) is 4.16. The Hall–Kier alpha value is -0.710. The molecule has 1 rings (SSSR count). The molecule has 2 atom stereocenters. The summed E-state index contributed by atoms with van der Waals surface area (Å²) in [5.74, 6) is 0. The minimum absolute atomic E-state index is 0.309. The summed E-state index contributed by atoms with van der Waals surface area (Å²) in [5.41, 5.74) is 1.15. The van der Waals surface area contributed by atoms with Gasteiger partial charge in [0.1, 0.15) is 12.4 Å². The quantitative estimate of drug-likeness (QED) is 0.632. The number of halogens is 1. The molecular weight excluding hydrogens is 248 g/mol. The van der Waals surface area contributed by atoms with Crippen LogP contribution in [0.1, 0.15) is 22.0 Å². The van der Waals surface area contributed by atoms with E-state index in [0.29, 0.717) is 16.5 Å². The Morgan fingerprint density at radius 1 is 1.29 bits per heavy atom. The molecule has 2 unspecified atom stereocenters. The smallest absolute Gasteiger partial charge is 0.150 e. The maximum atomic E-state index is 10.4. The summed E-state index contributed by atoms with van der Waals surface area (Å²) in [6.07, 6.45) is -1.02. The summed E-state index contributed by atoms with van der Waals surface area (Å²) in [4.78, 5) is 10.4. The van der Waals surface area contributed by atoms with E-state index in [0.717, 1.165) is 6.29 Å². The van der Waals surface area contributed by atoms with Crippen molar-refractivity contribution in [2.45, 2.75) is 12.2 Å². The normalized spacial score (nSPS) is 14.8. The predicted octanol–water partition coefficient (Wildman–Crippen LogP) is 1.29. The lowest BCUT2D eigenvalue weighted by Crippen LogP contribution is -2.19. The molecule has 0 fully saturated rings. The van der Waals surface area contributed by atoms with Crippen LogP contribution in [0.4, 0.5) is 0 Å². The third-order valence-corrected chi connectivity index (χ3v) is 2.60. The molecule has 0 aliphatic rings. The Labute approximate surface area is 90.5 Å². The van der Waals surface area contributed by atoms with Gasteiger partial charge in [0.05, 0.1) is 6.10 Å². The van der Waals surface area contributed by atoms with E-state index >= 15 is 0 Å². The van der Waals surface area contributed by atoms with E-state index in [4.69, 9.17) is 0 Å². The molecule has 0 amide bonds. The van der Waals surface area contributed by atoms with Crippen LogP contribution in [-0.2, 0) is 0 Å². The molecule has 1 aromatic carbocycles. The first-order valence-corrected chi connectivity index (χ1v) is 5.28. The zero-order chi connectivity index (χ0) is 10.6.